The molecular formula is C7H3FN2O2S. The van der Waals surface area contributed by atoms with Gasteiger partial charge in [0.15, 0.2) is 0 Å². The largest absolute Gasteiger partial charge is 0.304 e. The molecule has 0 aliphatic heterocycles. The fraction of sp³-hybridized carbons (Fsp3) is 0. The lowest BCUT2D eigenvalue weighted by Crippen LogP contribution is -1.91. The Labute approximate surface area is 77.1 Å². The number of nitrogens with zero attached hydrogens (tertiary/aromatic N) is 2. The van der Waals surface area contributed by atoms with Gasteiger partial charge in [0.05, 0.1) is 4.92 Å². The van der Waals surface area contributed by atoms with E-state index in [-0.39, 0.29) is 0 Å². The van der Waals surface area contributed by atoms with Gasteiger partial charge in [0.2, 0.25) is 5.82 Å². The summed E-state index contributed by atoms with van der Waals surface area (Å²) < 4.78 is 12.9. The Balaban J connectivity index is 3.07. The Kier molecular flexibility index (Phi) is 2.82. The normalized spacial score (nSPS) is 9.23. The lowest BCUT2D eigenvalue weighted by Gasteiger charge is -1.95. The van der Waals surface area contributed by atoms with Crippen LogP contribution in [-0.4, -0.2) is 4.92 Å². The first kappa shape index (κ1) is 9.48. The second kappa shape index (κ2) is 3.87. The van der Waals surface area contributed by atoms with E-state index in [4.69, 9.17) is 5.26 Å². The van der Waals surface area contributed by atoms with E-state index in [1.54, 1.807) is 5.40 Å². The molecule has 0 aromatic heterocycles. The van der Waals surface area contributed by atoms with Crippen LogP contribution in [0.5, 0.6) is 0 Å². The van der Waals surface area contributed by atoms with Gasteiger partial charge >= 0.3 is 5.69 Å². The van der Waals surface area contributed by atoms with Gasteiger partial charge in [-0.2, -0.15) is 9.65 Å². The summed E-state index contributed by atoms with van der Waals surface area (Å²) in [7, 11) is 0. The molecule has 0 aliphatic rings. The number of thioether (sulfide) groups is 1. The zero-order valence-corrected chi connectivity index (χ0v) is 7.05. The standard InChI is InChI=1S/C7H3FN2O2S/c8-6-3-5(13-4-9)1-2-7(6)10(11)12/h1-3H. The number of nitro groups is 1. The van der Waals surface area contributed by atoms with E-state index in [1.165, 1.54) is 6.07 Å². The van der Waals surface area contributed by atoms with Crippen molar-refractivity contribution in [1.29, 1.82) is 5.26 Å². The lowest BCUT2D eigenvalue weighted by atomic mass is 10.3. The van der Waals surface area contributed by atoms with Gasteiger partial charge in [0, 0.05) is 11.0 Å². The van der Waals surface area contributed by atoms with Crippen LogP contribution in [0, 0.1) is 26.6 Å². The Hall–Kier alpha value is -1.61. The summed E-state index contributed by atoms with van der Waals surface area (Å²) in [5.41, 5.74) is -0.581. The Morgan fingerprint density at radius 1 is 1.62 bits per heavy atom. The van der Waals surface area contributed by atoms with Crippen molar-refractivity contribution < 1.29 is 9.31 Å². The minimum absolute atomic E-state index is 0.352. The van der Waals surface area contributed by atoms with Gasteiger partial charge < -0.3 is 0 Å². The first-order valence-electron chi connectivity index (χ1n) is 3.15. The monoisotopic (exact) mass is 198 g/mol. The van der Waals surface area contributed by atoms with E-state index in [9.17, 15) is 14.5 Å². The molecule has 0 radical (unpaired) electrons. The molecule has 0 spiro atoms. The number of benzene rings is 1. The van der Waals surface area contributed by atoms with Crippen molar-refractivity contribution in [3.8, 4) is 5.40 Å². The van der Waals surface area contributed by atoms with Gasteiger partial charge in [-0.1, -0.05) is 0 Å². The molecule has 1 aromatic rings. The van der Waals surface area contributed by atoms with E-state index in [0.717, 1.165) is 23.9 Å². The Morgan fingerprint density at radius 3 is 2.77 bits per heavy atom. The summed E-state index contributed by atoms with van der Waals surface area (Å²) in [4.78, 5) is 9.73. The summed E-state index contributed by atoms with van der Waals surface area (Å²) in [6, 6.07) is 3.33. The van der Waals surface area contributed by atoms with Gasteiger partial charge in [-0.05, 0) is 23.9 Å². The number of halogens is 1. The number of nitriles is 1. The van der Waals surface area contributed by atoms with Gasteiger partial charge in [-0.25, -0.2) is 0 Å². The van der Waals surface area contributed by atoms with Crippen LogP contribution in [0.1, 0.15) is 0 Å². The number of nitro benzene ring substituents is 1. The minimum atomic E-state index is -0.926. The summed E-state index contributed by atoms with van der Waals surface area (Å²) in [6.07, 6.45) is 0. The van der Waals surface area contributed by atoms with Crippen LogP contribution >= 0.6 is 11.8 Å². The summed E-state index contributed by atoms with van der Waals surface area (Å²) in [5.74, 6) is -0.926. The molecule has 0 unspecified atom stereocenters. The summed E-state index contributed by atoms with van der Waals surface area (Å²) >= 11 is 0.753. The average Bonchev–Trinajstić information content (AvgIpc) is 2.04. The molecule has 6 heteroatoms. The predicted molar refractivity (Wildman–Crippen MR) is 44.5 cm³/mol. The van der Waals surface area contributed by atoms with Crippen LogP contribution in [0.4, 0.5) is 10.1 Å². The topological polar surface area (TPSA) is 66.9 Å². The molecule has 1 aromatic carbocycles. The average molecular weight is 198 g/mol. The Bertz CT molecular complexity index is 389. The molecule has 1 rings (SSSR count). The molecule has 0 heterocycles. The number of hydrogen-bond acceptors (Lipinski definition) is 4. The highest BCUT2D eigenvalue weighted by molar-refractivity contribution is 8.03. The molecule has 0 atom stereocenters. The lowest BCUT2D eigenvalue weighted by molar-refractivity contribution is -0.387. The van der Waals surface area contributed by atoms with Crippen LogP contribution in [0.25, 0.3) is 0 Å². The van der Waals surface area contributed by atoms with E-state index >= 15 is 0 Å². The van der Waals surface area contributed by atoms with Crippen molar-refractivity contribution in [2.45, 2.75) is 4.90 Å². The van der Waals surface area contributed by atoms with Crippen LogP contribution in [0.15, 0.2) is 23.1 Å². The molecule has 0 fully saturated rings. The minimum Gasteiger partial charge on any atom is -0.258 e. The fourth-order valence-electron chi connectivity index (χ4n) is 0.752. The first-order valence-corrected chi connectivity index (χ1v) is 3.96. The van der Waals surface area contributed by atoms with E-state index in [2.05, 4.69) is 0 Å². The molecule has 0 saturated heterocycles. The van der Waals surface area contributed by atoms with E-state index < -0.39 is 16.4 Å². The van der Waals surface area contributed by atoms with E-state index in [0.29, 0.717) is 4.90 Å². The molecule has 0 aliphatic carbocycles. The maximum absolute atomic E-state index is 12.9. The van der Waals surface area contributed by atoms with Crippen molar-refractivity contribution in [3.63, 3.8) is 0 Å². The summed E-state index contributed by atoms with van der Waals surface area (Å²) in [5, 5.41) is 20.2. The predicted octanol–water partition coefficient (Wildman–Crippen LogP) is 2.31. The van der Waals surface area contributed by atoms with Gasteiger partial charge in [0.25, 0.3) is 0 Å². The smallest absolute Gasteiger partial charge is 0.258 e. The first-order chi connectivity index (χ1) is 6.15. The van der Waals surface area contributed by atoms with Gasteiger partial charge in [-0.15, -0.1) is 0 Å². The van der Waals surface area contributed by atoms with Crippen molar-refractivity contribution in [2.75, 3.05) is 0 Å². The summed E-state index contributed by atoms with van der Waals surface area (Å²) in [6.45, 7) is 0. The second-order valence-electron chi connectivity index (χ2n) is 2.06. The van der Waals surface area contributed by atoms with E-state index in [1.807, 2.05) is 0 Å². The second-order valence-corrected chi connectivity index (χ2v) is 2.92. The molecule has 0 N–H and O–H groups in total. The number of rotatable bonds is 2. The van der Waals surface area contributed by atoms with Crippen molar-refractivity contribution in [3.05, 3.63) is 34.1 Å². The zero-order valence-electron chi connectivity index (χ0n) is 6.23. The molecule has 0 saturated carbocycles. The quantitative estimate of drug-likeness (QED) is 0.316. The highest BCUT2D eigenvalue weighted by Gasteiger charge is 2.13. The highest BCUT2D eigenvalue weighted by Crippen LogP contribution is 2.23. The van der Waals surface area contributed by atoms with Crippen LogP contribution in [-0.2, 0) is 0 Å². The molecule has 0 amide bonds. The van der Waals surface area contributed by atoms with Crippen molar-refractivity contribution >= 4 is 17.4 Å². The SMILES string of the molecule is N#CSc1ccc([N+](=O)[O-])c(F)c1. The molecule has 13 heavy (non-hydrogen) atoms. The zero-order chi connectivity index (χ0) is 9.84. The van der Waals surface area contributed by atoms with Crippen LogP contribution in [0.2, 0.25) is 0 Å². The van der Waals surface area contributed by atoms with Gasteiger partial charge in [0.1, 0.15) is 5.40 Å². The fourth-order valence-corrected chi connectivity index (χ4v) is 1.16. The molecule has 4 nitrogen and oxygen atoms in total. The third-order valence-corrected chi connectivity index (χ3v) is 1.86. The molecular weight excluding hydrogens is 195 g/mol. The maximum Gasteiger partial charge on any atom is 0.304 e. The number of hydrogen-bond donors (Lipinski definition) is 0. The van der Waals surface area contributed by atoms with Gasteiger partial charge in [-0.3, -0.25) is 10.1 Å². The Morgan fingerprint density at radius 2 is 2.31 bits per heavy atom. The third kappa shape index (κ3) is 2.16. The van der Waals surface area contributed by atoms with Crippen LogP contribution < -0.4 is 0 Å². The van der Waals surface area contributed by atoms with Crippen molar-refractivity contribution in [1.82, 2.24) is 0 Å². The maximum atomic E-state index is 12.9. The third-order valence-electron chi connectivity index (χ3n) is 1.28. The number of thiocyanates is 1. The van der Waals surface area contributed by atoms with Crippen molar-refractivity contribution in [2.24, 2.45) is 0 Å². The van der Waals surface area contributed by atoms with Crippen LogP contribution in [0.3, 0.4) is 0 Å². The highest BCUT2D eigenvalue weighted by atomic mass is 32.2. The molecule has 66 valence electrons. The molecule has 0 bridgehead atoms.